The number of benzene rings is 1. The summed E-state index contributed by atoms with van der Waals surface area (Å²) in [6, 6.07) is 0.141. The van der Waals surface area contributed by atoms with E-state index in [-0.39, 0.29) is 11.3 Å². The van der Waals surface area contributed by atoms with E-state index in [1.54, 1.807) is 23.6 Å². The van der Waals surface area contributed by atoms with Crippen molar-refractivity contribution in [3.63, 3.8) is 0 Å². The Balaban J connectivity index is 2.48. The van der Waals surface area contributed by atoms with E-state index < -0.39 is 102 Å². The fourth-order valence-corrected chi connectivity index (χ4v) is 4.57. The number of aryl methyl sites for hydroxylation is 1. The lowest BCUT2D eigenvalue weighted by Gasteiger charge is -2.37. The van der Waals surface area contributed by atoms with Crippen molar-refractivity contribution in [3.05, 3.63) is 53.2 Å². The number of carbonyl (C=O) groups is 4. The van der Waals surface area contributed by atoms with E-state index in [1.165, 1.54) is 12.3 Å². The van der Waals surface area contributed by atoms with Gasteiger partial charge >= 0.3 is 24.5 Å². The Labute approximate surface area is 298 Å². The summed E-state index contributed by atoms with van der Waals surface area (Å²) in [4.78, 5) is 54.1. The van der Waals surface area contributed by atoms with E-state index in [9.17, 15) is 50.6 Å². The normalized spacial score (nSPS) is 14.1. The molecule has 0 saturated heterocycles. The number of methoxy groups -OCH3 is 2. The van der Waals surface area contributed by atoms with Gasteiger partial charge in [0.15, 0.2) is 0 Å². The summed E-state index contributed by atoms with van der Waals surface area (Å²) in [7, 11) is 1.64. The average Bonchev–Trinajstić information content (AvgIpc) is 3.05. The molecule has 0 spiro atoms. The minimum Gasteiger partial charge on any atom is -0.453 e. The van der Waals surface area contributed by atoms with Crippen molar-refractivity contribution in [1.29, 1.82) is 0 Å². The van der Waals surface area contributed by atoms with Gasteiger partial charge in [-0.2, -0.15) is 26.3 Å². The number of aliphatic hydroxyl groups excluding tert-OH is 1. The molecule has 2 rings (SSSR count). The zero-order valence-corrected chi connectivity index (χ0v) is 29.6. The maximum absolute atomic E-state index is 15.4. The third-order valence-electron chi connectivity index (χ3n) is 8.23. The molecule has 2 aromatic rings. The number of carbonyl (C=O) groups excluding carboxylic acids is 4. The van der Waals surface area contributed by atoms with Crippen LogP contribution in [-0.4, -0.2) is 96.9 Å². The quantitative estimate of drug-likeness (QED) is 0.139. The molecule has 4 amide bonds. The molecule has 1 unspecified atom stereocenters. The van der Waals surface area contributed by atoms with Crippen molar-refractivity contribution in [3.8, 4) is 11.3 Å². The van der Waals surface area contributed by atoms with Gasteiger partial charge in [0.25, 0.3) is 5.91 Å². The number of nitrogens with one attached hydrogen (secondary N) is 4. The molecule has 0 aliphatic rings. The first-order chi connectivity index (χ1) is 24.3. The highest BCUT2D eigenvalue weighted by Gasteiger charge is 2.57. The summed E-state index contributed by atoms with van der Waals surface area (Å²) in [5.74, 6) is -5.48. The van der Waals surface area contributed by atoms with Gasteiger partial charge in [0.1, 0.15) is 23.7 Å². The fourth-order valence-electron chi connectivity index (χ4n) is 4.57. The Morgan fingerprint density at radius 1 is 0.830 bits per heavy atom. The lowest BCUT2D eigenvalue weighted by molar-refractivity contribution is -0.221. The maximum Gasteiger partial charge on any atom is 0.407 e. The number of aliphatic hydroxyl groups is 1. The molecule has 0 bridgehead atoms. The fraction of sp³-hybridized carbons (Fsp3) is 0.531. The van der Waals surface area contributed by atoms with E-state index in [1.807, 2.05) is 10.7 Å². The van der Waals surface area contributed by atoms with Crippen LogP contribution in [0.4, 0.5) is 44.7 Å². The monoisotopic (exact) mass is 772 g/mol. The lowest BCUT2D eigenvalue weighted by atomic mass is 9.83. The number of amides is 4. The summed E-state index contributed by atoms with van der Waals surface area (Å²) in [5, 5.41) is 16.9. The van der Waals surface area contributed by atoms with Crippen LogP contribution in [0, 0.1) is 29.4 Å². The first-order valence-corrected chi connectivity index (χ1v) is 15.5. The average molecular weight is 773 g/mol. The third-order valence-corrected chi connectivity index (χ3v) is 8.23. The summed E-state index contributed by atoms with van der Waals surface area (Å²) in [6.45, 7) is 1.24. The number of pyridine rings is 1. The van der Waals surface area contributed by atoms with Crippen molar-refractivity contribution in [2.75, 3.05) is 27.3 Å². The molecule has 0 saturated carbocycles. The van der Waals surface area contributed by atoms with Crippen LogP contribution in [-0.2, 0) is 25.6 Å². The first-order valence-electron chi connectivity index (χ1n) is 15.5. The van der Waals surface area contributed by atoms with Crippen LogP contribution in [0.5, 0.6) is 0 Å². The van der Waals surface area contributed by atoms with Gasteiger partial charge in [-0.15, -0.1) is 0 Å². The Bertz CT molecular complexity index is 1600. The van der Waals surface area contributed by atoms with Crippen molar-refractivity contribution < 1.29 is 68.9 Å². The Morgan fingerprint density at radius 3 is 1.72 bits per heavy atom. The van der Waals surface area contributed by atoms with Gasteiger partial charge in [-0.25, -0.2) is 23.4 Å². The number of nitrogens with zero attached hydrogens (tertiary/aromatic N) is 2. The minimum atomic E-state index is -5.12. The molecule has 296 valence electrons. The van der Waals surface area contributed by atoms with Gasteiger partial charge in [0, 0.05) is 37.0 Å². The van der Waals surface area contributed by atoms with E-state index in [4.69, 9.17) is 0 Å². The standard InChI is InChI=1S/C32H40F8N6O7/c1-16-8-9-22(41-12-16)17-10-20(33)19(21(34)11-17)15-46(45-26(49)24(44-28(51)53-7)30(4,5)32(38,39)40)14-18(47)13-42-25(48)23(43-27(50)52-6)29(2,3)31(35,36)37/h8-12,18,23-24,47H,13-15H2,1-7H3,(H,42,48)(H,43,50)(H,44,51)(H,45,49)/t18-,23?,24-/m1/s1. The SMILES string of the molecule is COC(=O)NC(C(=O)NC[C@@H](O)CN(Cc1c(F)cc(-c2ccc(C)cn2)cc1F)NC(=O)[C@@H](NC(=O)OC)C(C)(C)C(F)(F)F)C(C)(C)C(F)(F)F. The van der Waals surface area contributed by atoms with Gasteiger partial charge in [0.05, 0.1) is 36.8 Å². The van der Waals surface area contributed by atoms with Gasteiger partial charge in [-0.3, -0.25) is 20.0 Å². The molecule has 3 atom stereocenters. The second kappa shape index (κ2) is 17.4. The molecule has 0 radical (unpaired) electrons. The molecule has 5 N–H and O–H groups in total. The topological polar surface area (TPSA) is 171 Å². The van der Waals surface area contributed by atoms with Gasteiger partial charge in [0.2, 0.25) is 5.91 Å². The van der Waals surface area contributed by atoms with E-state index in [2.05, 4.69) is 14.5 Å². The van der Waals surface area contributed by atoms with Crippen LogP contribution in [0.15, 0.2) is 30.5 Å². The molecular weight excluding hydrogens is 732 g/mol. The molecule has 13 nitrogen and oxygen atoms in total. The highest BCUT2D eigenvalue weighted by Crippen LogP contribution is 2.41. The van der Waals surface area contributed by atoms with E-state index in [0.29, 0.717) is 32.7 Å². The van der Waals surface area contributed by atoms with E-state index in [0.717, 1.165) is 31.9 Å². The third kappa shape index (κ3) is 11.3. The predicted molar refractivity (Wildman–Crippen MR) is 170 cm³/mol. The molecule has 1 aromatic carbocycles. The molecule has 53 heavy (non-hydrogen) atoms. The number of alkyl halides is 6. The number of halogens is 8. The minimum absolute atomic E-state index is 0.00625. The van der Waals surface area contributed by atoms with Crippen LogP contribution in [0.2, 0.25) is 0 Å². The highest BCUT2D eigenvalue weighted by molar-refractivity contribution is 5.87. The van der Waals surface area contributed by atoms with Crippen LogP contribution < -0.4 is 21.4 Å². The van der Waals surface area contributed by atoms with Gasteiger partial charge in [-0.1, -0.05) is 6.07 Å². The number of alkyl carbamates (subject to hydrolysis) is 2. The Morgan fingerprint density at radius 2 is 1.30 bits per heavy atom. The molecule has 0 aliphatic heterocycles. The zero-order valence-electron chi connectivity index (χ0n) is 29.6. The number of hydrogen-bond donors (Lipinski definition) is 5. The number of rotatable bonds is 14. The van der Waals surface area contributed by atoms with Crippen molar-refractivity contribution in [2.24, 2.45) is 10.8 Å². The van der Waals surface area contributed by atoms with Crippen molar-refractivity contribution >= 4 is 24.0 Å². The smallest absolute Gasteiger partial charge is 0.407 e. The molecule has 1 heterocycles. The summed E-state index contributed by atoms with van der Waals surface area (Å²) in [5.41, 5.74) is -3.74. The first kappa shape index (κ1) is 44.4. The predicted octanol–water partition coefficient (Wildman–Crippen LogP) is 4.27. The van der Waals surface area contributed by atoms with Crippen LogP contribution in [0.3, 0.4) is 0 Å². The van der Waals surface area contributed by atoms with Gasteiger partial charge < -0.3 is 30.5 Å². The summed E-state index contributed by atoms with van der Waals surface area (Å²) in [6.07, 6.45) is -13.5. The second-order valence-electron chi connectivity index (χ2n) is 13.0. The molecular formula is C32H40F8N6O7. The number of hydrogen-bond acceptors (Lipinski definition) is 9. The Kier molecular flexibility index (Phi) is 14.5. The molecule has 1 aromatic heterocycles. The maximum atomic E-state index is 15.4. The van der Waals surface area contributed by atoms with Gasteiger partial charge in [-0.05, 0) is 58.4 Å². The number of ether oxygens (including phenoxy) is 2. The summed E-state index contributed by atoms with van der Waals surface area (Å²) >= 11 is 0. The van der Waals surface area contributed by atoms with Crippen LogP contribution in [0.1, 0.15) is 38.8 Å². The van der Waals surface area contributed by atoms with Crippen molar-refractivity contribution in [1.82, 2.24) is 31.4 Å². The number of hydrazine groups is 1. The molecule has 21 heteroatoms. The van der Waals surface area contributed by atoms with Crippen molar-refractivity contribution in [2.45, 2.75) is 71.7 Å². The largest absolute Gasteiger partial charge is 0.453 e. The molecule has 0 fully saturated rings. The van der Waals surface area contributed by atoms with Crippen LogP contribution in [0.25, 0.3) is 11.3 Å². The second-order valence-corrected chi connectivity index (χ2v) is 13.0. The molecule has 0 aliphatic carbocycles. The highest BCUT2D eigenvalue weighted by atomic mass is 19.4. The summed E-state index contributed by atoms with van der Waals surface area (Å²) < 4.78 is 123. The van der Waals surface area contributed by atoms with Crippen LogP contribution >= 0.6 is 0 Å². The Hall–Kier alpha value is -4.79. The lowest BCUT2D eigenvalue weighted by Crippen LogP contribution is -2.62. The van der Waals surface area contributed by atoms with E-state index >= 15 is 8.78 Å². The number of aromatic nitrogens is 1. The zero-order chi connectivity index (χ0) is 40.7.